The number of hydrogen-bond donors (Lipinski definition) is 1. The predicted octanol–water partition coefficient (Wildman–Crippen LogP) is 3.56. The molecule has 0 radical (unpaired) electrons. The van der Waals surface area contributed by atoms with Gasteiger partial charge in [-0.05, 0) is 42.5 Å². The number of carbonyl (C=O) groups excluding carboxylic acids is 1. The SMILES string of the molecule is O=C(O)c1nn(-c2ccc(Cl)cc2)c2c1CN(C(=O)c1cccc(F)c1)CC2. The fraction of sp³-hybridized carbons (Fsp3) is 0.150. The van der Waals surface area contributed by atoms with E-state index in [0.29, 0.717) is 29.2 Å². The Morgan fingerprint density at radius 3 is 2.57 bits per heavy atom. The average molecular weight is 400 g/mol. The highest BCUT2D eigenvalue weighted by molar-refractivity contribution is 6.30. The van der Waals surface area contributed by atoms with Gasteiger partial charge in [-0.25, -0.2) is 13.9 Å². The van der Waals surface area contributed by atoms with Crippen LogP contribution in [0.4, 0.5) is 4.39 Å². The second-order valence-corrected chi connectivity index (χ2v) is 6.89. The molecule has 1 N–H and O–H groups in total. The molecule has 1 aliphatic rings. The fourth-order valence-corrected chi connectivity index (χ4v) is 3.49. The zero-order valence-electron chi connectivity index (χ0n) is 14.6. The van der Waals surface area contributed by atoms with Crippen molar-refractivity contribution >= 4 is 23.5 Å². The summed E-state index contributed by atoms with van der Waals surface area (Å²) in [7, 11) is 0. The number of rotatable bonds is 3. The summed E-state index contributed by atoms with van der Waals surface area (Å²) in [4.78, 5) is 26.0. The van der Waals surface area contributed by atoms with Crippen molar-refractivity contribution in [3.05, 3.63) is 81.9 Å². The van der Waals surface area contributed by atoms with Gasteiger partial charge in [0, 0.05) is 29.1 Å². The van der Waals surface area contributed by atoms with Gasteiger partial charge in [0.15, 0.2) is 5.69 Å². The molecule has 0 bridgehead atoms. The van der Waals surface area contributed by atoms with E-state index in [0.717, 1.165) is 5.69 Å². The molecule has 28 heavy (non-hydrogen) atoms. The molecule has 0 saturated carbocycles. The molecule has 0 saturated heterocycles. The summed E-state index contributed by atoms with van der Waals surface area (Å²) < 4.78 is 15.0. The monoisotopic (exact) mass is 399 g/mol. The Balaban J connectivity index is 1.71. The molecule has 142 valence electrons. The van der Waals surface area contributed by atoms with Crippen LogP contribution in [-0.4, -0.2) is 38.2 Å². The Morgan fingerprint density at radius 1 is 1.14 bits per heavy atom. The quantitative estimate of drug-likeness (QED) is 0.730. The Kier molecular flexibility index (Phi) is 4.60. The molecule has 0 aliphatic carbocycles. The number of carboxylic acids is 1. The van der Waals surface area contributed by atoms with Gasteiger partial charge in [0.1, 0.15) is 5.82 Å². The third kappa shape index (κ3) is 3.25. The highest BCUT2D eigenvalue weighted by Crippen LogP contribution is 2.27. The minimum Gasteiger partial charge on any atom is -0.476 e. The van der Waals surface area contributed by atoms with Crippen molar-refractivity contribution in [2.75, 3.05) is 6.54 Å². The maximum atomic E-state index is 13.5. The molecule has 0 atom stereocenters. The number of amides is 1. The molecule has 4 rings (SSSR count). The van der Waals surface area contributed by atoms with Crippen molar-refractivity contribution in [1.82, 2.24) is 14.7 Å². The lowest BCUT2D eigenvalue weighted by molar-refractivity contribution is 0.0674. The van der Waals surface area contributed by atoms with Crippen LogP contribution in [0.3, 0.4) is 0 Å². The molecule has 2 heterocycles. The number of fused-ring (bicyclic) bond motifs is 1. The minimum absolute atomic E-state index is 0.0957. The van der Waals surface area contributed by atoms with E-state index in [-0.39, 0.29) is 23.7 Å². The molecular formula is C20H15ClFN3O3. The number of nitrogens with zero attached hydrogens (tertiary/aromatic N) is 3. The fourth-order valence-electron chi connectivity index (χ4n) is 3.36. The third-order valence-electron chi connectivity index (χ3n) is 4.69. The smallest absolute Gasteiger partial charge is 0.356 e. The van der Waals surface area contributed by atoms with Crippen LogP contribution in [0.1, 0.15) is 32.1 Å². The van der Waals surface area contributed by atoms with Gasteiger partial charge in [-0.15, -0.1) is 0 Å². The topological polar surface area (TPSA) is 75.4 Å². The van der Waals surface area contributed by atoms with Gasteiger partial charge < -0.3 is 10.0 Å². The van der Waals surface area contributed by atoms with Gasteiger partial charge >= 0.3 is 5.97 Å². The molecule has 0 unspecified atom stereocenters. The van der Waals surface area contributed by atoms with Crippen LogP contribution in [0.5, 0.6) is 0 Å². The van der Waals surface area contributed by atoms with Crippen molar-refractivity contribution < 1.29 is 19.1 Å². The molecule has 1 aliphatic heterocycles. The Hall–Kier alpha value is -3.19. The lowest BCUT2D eigenvalue weighted by atomic mass is 10.0. The molecule has 3 aromatic rings. The average Bonchev–Trinajstić information content (AvgIpc) is 3.07. The van der Waals surface area contributed by atoms with E-state index < -0.39 is 11.8 Å². The van der Waals surface area contributed by atoms with E-state index >= 15 is 0 Å². The van der Waals surface area contributed by atoms with Crippen LogP contribution in [0.15, 0.2) is 48.5 Å². The summed E-state index contributed by atoms with van der Waals surface area (Å²) in [6.07, 6.45) is 0.430. The molecular weight excluding hydrogens is 385 g/mol. The van der Waals surface area contributed by atoms with Gasteiger partial charge in [0.05, 0.1) is 17.9 Å². The molecule has 8 heteroatoms. The number of benzene rings is 2. The van der Waals surface area contributed by atoms with Crippen LogP contribution >= 0.6 is 11.6 Å². The van der Waals surface area contributed by atoms with Gasteiger partial charge in [-0.2, -0.15) is 5.10 Å². The standard InChI is InChI=1S/C20H15ClFN3O3/c21-13-4-6-15(7-5-13)25-17-8-9-24(11-16(17)18(23-25)20(27)28)19(26)12-2-1-3-14(22)10-12/h1-7,10H,8-9,11H2,(H,27,28). The highest BCUT2D eigenvalue weighted by atomic mass is 35.5. The number of aromatic carboxylic acids is 1. The van der Waals surface area contributed by atoms with E-state index in [1.807, 2.05) is 0 Å². The van der Waals surface area contributed by atoms with Crippen molar-refractivity contribution in [2.45, 2.75) is 13.0 Å². The Bertz CT molecular complexity index is 1080. The van der Waals surface area contributed by atoms with Gasteiger partial charge in [0.2, 0.25) is 0 Å². The highest BCUT2D eigenvalue weighted by Gasteiger charge is 2.31. The minimum atomic E-state index is -1.16. The van der Waals surface area contributed by atoms with Crippen LogP contribution in [0.25, 0.3) is 5.69 Å². The van der Waals surface area contributed by atoms with Crippen molar-refractivity contribution in [3.8, 4) is 5.69 Å². The summed E-state index contributed by atoms with van der Waals surface area (Å²) in [6.45, 7) is 0.473. The summed E-state index contributed by atoms with van der Waals surface area (Å²) in [5, 5.41) is 14.4. The van der Waals surface area contributed by atoms with E-state index in [1.165, 1.54) is 29.2 Å². The molecule has 0 spiro atoms. The maximum Gasteiger partial charge on any atom is 0.356 e. The summed E-state index contributed by atoms with van der Waals surface area (Å²) in [5.74, 6) is -2.00. The second-order valence-electron chi connectivity index (χ2n) is 6.45. The normalized spacial score (nSPS) is 13.3. The zero-order chi connectivity index (χ0) is 19.8. The number of carbonyl (C=O) groups is 2. The number of carboxylic acid groups (broad SMARTS) is 1. The third-order valence-corrected chi connectivity index (χ3v) is 4.94. The zero-order valence-corrected chi connectivity index (χ0v) is 15.4. The number of aromatic nitrogens is 2. The first-order valence-corrected chi connectivity index (χ1v) is 8.96. The van der Waals surface area contributed by atoms with Gasteiger partial charge in [-0.1, -0.05) is 17.7 Å². The van der Waals surface area contributed by atoms with Crippen LogP contribution in [-0.2, 0) is 13.0 Å². The Labute approximate surface area is 164 Å². The lowest BCUT2D eigenvalue weighted by Crippen LogP contribution is -2.36. The van der Waals surface area contributed by atoms with Crippen molar-refractivity contribution in [1.29, 1.82) is 0 Å². The van der Waals surface area contributed by atoms with Crippen LogP contribution in [0.2, 0.25) is 5.02 Å². The molecule has 6 nitrogen and oxygen atoms in total. The first-order valence-electron chi connectivity index (χ1n) is 8.59. The van der Waals surface area contributed by atoms with E-state index in [2.05, 4.69) is 5.10 Å². The van der Waals surface area contributed by atoms with Crippen LogP contribution < -0.4 is 0 Å². The Morgan fingerprint density at radius 2 is 1.89 bits per heavy atom. The largest absolute Gasteiger partial charge is 0.476 e. The van der Waals surface area contributed by atoms with Crippen molar-refractivity contribution in [2.24, 2.45) is 0 Å². The van der Waals surface area contributed by atoms with Crippen LogP contribution in [0, 0.1) is 5.82 Å². The van der Waals surface area contributed by atoms with E-state index in [9.17, 15) is 19.1 Å². The number of halogens is 2. The summed E-state index contributed by atoms with van der Waals surface area (Å²) in [6, 6.07) is 12.4. The lowest BCUT2D eigenvalue weighted by Gasteiger charge is -2.28. The summed E-state index contributed by atoms with van der Waals surface area (Å²) in [5.41, 5.74) is 2.05. The molecule has 1 amide bonds. The van der Waals surface area contributed by atoms with Gasteiger partial charge in [-0.3, -0.25) is 4.79 Å². The first kappa shape index (κ1) is 18.2. The molecule has 0 fully saturated rings. The molecule has 1 aromatic heterocycles. The first-order chi connectivity index (χ1) is 13.4. The van der Waals surface area contributed by atoms with E-state index in [1.54, 1.807) is 28.9 Å². The number of hydrogen-bond acceptors (Lipinski definition) is 3. The second kappa shape index (κ2) is 7.09. The molecule has 2 aromatic carbocycles. The van der Waals surface area contributed by atoms with E-state index in [4.69, 9.17) is 11.6 Å². The van der Waals surface area contributed by atoms with Crippen molar-refractivity contribution in [3.63, 3.8) is 0 Å². The predicted molar refractivity (Wildman–Crippen MR) is 100 cm³/mol. The summed E-state index contributed by atoms with van der Waals surface area (Å²) >= 11 is 5.93. The maximum absolute atomic E-state index is 13.5. The van der Waals surface area contributed by atoms with Gasteiger partial charge in [0.25, 0.3) is 5.91 Å².